The van der Waals surface area contributed by atoms with Crippen molar-refractivity contribution in [3.63, 3.8) is 0 Å². The highest BCUT2D eigenvalue weighted by atomic mass is 35.5. The summed E-state index contributed by atoms with van der Waals surface area (Å²) in [4.78, 5) is 4.42. The molecule has 2 aromatic carbocycles. The number of primary sulfonamides is 1. The van der Waals surface area contributed by atoms with Crippen LogP contribution < -0.4 is 5.14 Å². The second kappa shape index (κ2) is 6.20. The summed E-state index contributed by atoms with van der Waals surface area (Å²) in [5, 5.41) is 5.30. The van der Waals surface area contributed by atoms with Gasteiger partial charge in [0.15, 0.2) is 0 Å². The summed E-state index contributed by atoms with van der Waals surface area (Å²) >= 11 is 6.14. The van der Waals surface area contributed by atoms with E-state index in [1.165, 1.54) is 6.07 Å². The van der Waals surface area contributed by atoms with E-state index in [9.17, 15) is 8.42 Å². The Morgan fingerprint density at radius 1 is 1.25 bits per heavy atom. The number of sulfonamides is 1. The Kier molecular flexibility index (Phi) is 4.38. The van der Waals surface area contributed by atoms with Gasteiger partial charge in [-0.15, -0.1) is 0 Å². The lowest BCUT2D eigenvalue weighted by molar-refractivity contribution is 0.598. The van der Waals surface area contributed by atoms with Gasteiger partial charge in [-0.05, 0) is 43.2 Å². The van der Waals surface area contributed by atoms with Crippen LogP contribution in [0.2, 0.25) is 5.02 Å². The SMILES string of the molecule is [CH2]Cc1ccc(-n2c(CC)nc3cc(S(N)(=O)=O)c(Cl)cc32)cc1. The van der Waals surface area contributed by atoms with E-state index in [0.717, 1.165) is 29.0 Å². The average molecular weight is 363 g/mol. The first-order chi connectivity index (χ1) is 11.3. The van der Waals surface area contributed by atoms with E-state index < -0.39 is 10.0 Å². The van der Waals surface area contributed by atoms with Crippen molar-refractivity contribution in [3.8, 4) is 5.69 Å². The first kappa shape index (κ1) is 17.0. The third kappa shape index (κ3) is 2.92. The van der Waals surface area contributed by atoms with Crippen LogP contribution in [0.25, 0.3) is 16.7 Å². The molecular weight excluding hydrogens is 346 g/mol. The van der Waals surface area contributed by atoms with E-state index >= 15 is 0 Å². The fourth-order valence-corrected chi connectivity index (χ4v) is 3.77. The molecule has 5 nitrogen and oxygen atoms in total. The Morgan fingerprint density at radius 2 is 1.92 bits per heavy atom. The summed E-state index contributed by atoms with van der Waals surface area (Å²) in [5.74, 6) is 0.815. The molecule has 0 saturated carbocycles. The zero-order valence-electron chi connectivity index (χ0n) is 13.2. The van der Waals surface area contributed by atoms with Gasteiger partial charge in [-0.1, -0.05) is 30.7 Å². The second-order valence-corrected chi connectivity index (χ2v) is 7.39. The Balaban J connectivity index is 2.28. The molecule has 0 aliphatic carbocycles. The van der Waals surface area contributed by atoms with Gasteiger partial charge in [-0.3, -0.25) is 4.57 Å². The Labute approximate surface area is 146 Å². The lowest BCUT2D eigenvalue weighted by Crippen LogP contribution is -2.12. The first-order valence-electron chi connectivity index (χ1n) is 7.47. The summed E-state index contributed by atoms with van der Waals surface area (Å²) in [6.45, 7) is 5.86. The zero-order valence-corrected chi connectivity index (χ0v) is 14.7. The van der Waals surface area contributed by atoms with Crippen LogP contribution in [0.1, 0.15) is 18.3 Å². The summed E-state index contributed by atoms with van der Waals surface area (Å²) in [6, 6.07) is 11.0. The van der Waals surface area contributed by atoms with Crippen LogP contribution in [0.3, 0.4) is 0 Å². The van der Waals surface area contributed by atoms with Crippen molar-refractivity contribution in [2.24, 2.45) is 5.14 Å². The molecule has 1 radical (unpaired) electrons. The maximum atomic E-state index is 11.7. The molecule has 0 bridgehead atoms. The highest BCUT2D eigenvalue weighted by Crippen LogP contribution is 2.29. The molecule has 125 valence electrons. The third-order valence-corrected chi connectivity index (χ3v) is 5.26. The molecule has 0 amide bonds. The number of halogens is 1. The minimum Gasteiger partial charge on any atom is -0.296 e. The van der Waals surface area contributed by atoms with E-state index in [2.05, 4.69) is 11.9 Å². The summed E-state index contributed by atoms with van der Waals surface area (Å²) in [6.07, 6.45) is 1.41. The van der Waals surface area contributed by atoms with Crippen LogP contribution in [0.5, 0.6) is 0 Å². The van der Waals surface area contributed by atoms with Crippen molar-refractivity contribution in [1.29, 1.82) is 0 Å². The fourth-order valence-electron chi connectivity index (χ4n) is 2.68. The Morgan fingerprint density at radius 3 is 2.46 bits per heavy atom. The minimum atomic E-state index is -3.90. The molecule has 0 unspecified atom stereocenters. The van der Waals surface area contributed by atoms with Crippen molar-refractivity contribution < 1.29 is 8.42 Å². The molecule has 0 aliphatic heterocycles. The van der Waals surface area contributed by atoms with Gasteiger partial charge in [0.25, 0.3) is 0 Å². The predicted octanol–water partition coefficient (Wildman–Crippen LogP) is 3.27. The van der Waals surface area contributed by atoms with Gasteiger partial charge in [-0.25, -0.2) is 18.5 Å². The molecule has 0 atom stereocenters. The number of fused-ring (bicyclic) bond motifs is 1. The Bertz CT molecular complexity index is 1010. The summed E-state index contributed by atoms with van der Waals surface area (Å²) in [7, 11) is -3.90. The lowest BCUT2D eigenvalue weighted by Gasteiger charge is -2.10. The van der Waals surface area contributed by atoms with Crippen LogP contribution in [0.4, 0.5) is 0 Å². The maximum absolute atomic E-state index is 11.7. The molecule has 24 heavy (non-hydrogen) atoms. The number of aryl methyl sites for hydroxylation is 1. The number of hydrogen-bond donors (Lipinski definition) is 1. The highest BCUT2D eigenvalue weighted by Gasteiger charge is 2.19. The number of imidazole rings is 1. The summed E-state index contributed by atoms with van der Waals surface area (Å²) < 4.78 is 25.3. The van der Waals surface area contributed by atoms with Crippen molar-refractivity contribution in [3.05, 3.63) is 59.7 Å². The number of aromatic nitrogens is 2. The number of nitrogens with two attached hydrogens (primary N) is 1. The molecule has 0 fully saturated rings. The molecule has 0 aliphatic rings. The van der Waals surface area contributed by atoms with Gasteiger partial charge in [0, 0.05) is 12.1 Å². The molecule has 3 aromatic rings. The van der Waals surface area contributed by atoms with E-state index in [1.54, 1.807) is 6.07 Å². The zero-order chi connectivity index (χ0) is 17.5. The van der Waals surface area contributed by atoms with Crippen LogP contribution in [0.15, 0.2) is 41.3 Å². The summed E-state index contributed by atoms with van der Waals surface area (Å²) in [5.41, 5.74) is 3.36. The van der Waals surface area contributed by atoms with Crippen molar-refractivity contribution in [1.82, 2.24) is 9.55 Å². The van der Waals surface area contributed by atoms with Gasteiger partial charge >= 0.3 is 0 Å². The van der Waals surface area contributed by atoms with Gasteiger partial charge in [0.1, 0.15) is 10.7 Å². The van der Waals surface area contributed by atoms with Crippen LogP contribution in [-0.2, 0) is 22.9 Å². The average Bonchev–Trinajstić information content (AvgIpc) is 2.90. The molecular formula is C17H17ClN3O2S. The maximum Gasteiger partial charge on any atom is 0.239 e. The van der Waals surface area contributed by atoms with Gasteiger partial charge < -0.3 is 0 Å². The molecule has 1 heterocycles. The van der Waals surface area contributed by atoms with E-state index in [0.29, 0.717) is 11.9 Å². The molecule has 0 spiro atoms. The topological polar surface area (TPSA) is 78.0 Å². The molecule has 7 heteroatoms. The second-order valence-electron chi connectivity index (χ2n) is 5.45. The van der Waals surface area contributed by atoms with Gasteiger partial charge in [0.05, 0.1) is 16.1 Å². The van der Waals surface area contributed by atoms with Crippen molar-refractivity contribution >= 4 is 32.7 Å². The predicted molar refractivity (Wildman–Crippen MR) is 95.9 cm³/mol. The van der Waals surface area contributed by atoms with Crippen LogP contribution >= 0.6 is 11.6 Å². The molecule has 1 aromatic heterocycles. The van der Waals surface area contributed by atoms with Crippen LogP contribution in [0, 0.1) is 6.92 Å². The standard InChI is InChI=1S/C17H17ClN3O2S/c1-3-11-5-7-12(8-6-11)21-15-9-13(18)16(24(19,22)23)10-14(15)20-17(21)4-2/h5-10H,1,3-4H2,2H3,(H2,19,22,23). The Hall–Kier alpha value is -1.89. The van der Waals surface area contributed by atoms with Gasteiger partial charge in [-0.2, -0.15) is 0 Å². The number of hydrogen-bond acceptors (Lipinski definition) is 3. The highest BCUT2D eigenvalue weighted by molar-refractivity contribution is 7.89. The van der Waals surface area contributed by atoms with E-state index in [4.69, 9.17) is 16.7 Å². The van der Waals surface area contributed by atoms with E-state index in [1.807, 2.05) is 35.8 Å². The smallest absolute Gasteiger partial charge is 0.239 e. The molecule has 2 N–H and O–H groups in total. The number of nitrogens with zero attached hydrogens (tertiary/aromatic N) is 2. The number of rotatable bonds is 4. The third-order valence-electron chi connectivity index (χ3n) is 3.88. The first-order valence-corrected chi connectivity index (χ1v) is 9.39. The molecule has 3 rings (SSSR count). The van der Waals surface area contributed by atoms with E-state index in [-0.39, 0.29) is 9.92 Å². The largest absolute Gasteiger partial charge is 0.296 e. The van der Waals surface area contributed by atoms with Crippen LogP contribution in [-0.4, -0.2) is 18.0 Å². The monoisotopic (exact) mass is 362 g/mol. The lowest BCUT2D eigenvalue weighted by atomic mass is 10.1. The normalized spacial score (nSPS) is 12.0. The quantitative estimate of drug-likeness (QED) is 0.773. The van der Waals surface area contributed by atoms with Crippen molar-refractivity contribution in [2.45, 2.75) is 24.7 Å². The van der Waals surface area contributed by atoms with Gasteiger partial charge in [0.2, 0.25) is 10.0 Å². The molecule has 0 saturated heterocycles. The number of benzene rings is 2. The minimum absolute atomic E-state index is 0.0863. The van der Waals surface area contributed by atoms with Crippen molar-refractivity contribution in [2.75, 3.05) is 0 Å². The fraction of sp³-hybridized carbons (Fsp3) is 0.176.